The Hall–Kier alpha value is -3.68. The molecule has 2 rings (SSSR count). The number of hydrogen-bond acceptors (Lipinski definition) is 5. The minimum atomic E-state index is -0.691. The van der Waals surface area contributed by atoms with Gasteiger partial charge in [0.2, 0.25) is 0 Å². The third-order valence-corrected chi connectivity index (χ3v) is 3.23. The molecule has 0 spiro atoms. The average molecular weight is 339 g/mol. The third-order valence-electron chi connectivity index (χ3n) is 3.23. The number of nitrogens with zero attached hydrogens (tertiary/aromatic N) is 3. The SMILES string of the molecule is C/C=C\C(=C/C=Nc1ccc([N+](=O)[O-])cc1[N+](=O)[O-])c1cc[nH+]cc1. The molecule has 0 unspecified atom stereocenters. The second-order valence-electron chi connectivity index (χ2n) is 4.88. The lowest BCUT2D eigenvalue weighted by Gasteiger charge is -1.99. The van der Waals surface area contributed by atoms with Crippen LogP contribution in [0.1, 0.15) is 12.5 Å². The van der Waals surface area contributed by atoms with E-state index in [0.29, 0.717) is 0 Å². The van der Waals surface area contributed by atoms with Crippen molar-refractivity contribution >= 4 is 28.8 Å². The van der Waals surface area contributed by atoms with Crippen molar-refractivity contribution < 1.29 is 14.8 Å². The summed E-state index contributed by atoms with van der Waals surface area (Å²) in [5, 5.41) is 21.8. The van der Waals surface area contributed by atoms with Gasteiger partial charge in [0.15, 0.2) is 12.4 Å². The van der Waals surface area contributed by atoms with Crippen molar-refractivity contribution in [1.82, 2.24) is 0 Å². The summed E-state index contributed by atoms with van der Waals surface area (Å²) >= 11 is 0. The lowest BCUT2D eigenvalue weighted by molar-refractivity contribution is -0.393. The lowest BCUT2D eigenvalue weighted by Crippen LogP contribution is -1.98. The molecule has 0 saturated carbocycles. The summed E-state index contributed by atoms with van der Waals surface area (Å²) in [6.07, 6.45) is 10.5. The molecule has 0 aliphatic heterocycles. The molecular weight excluding hydrogens is 324 g/mol. The molecule has 0 radical (unpaired) electrons. The number of aliphatic imine (C=N–C) groups is 1. The maximum absolute atomic E-state index is 11.1. The fourth-order valence-electron chi connectivity index (χ4n) is 2.09. The number of benzene rings is 1. The van der Waals surface area contributed by atoms with Crippen LogP contribution in [-0.4, -0.2) is 16.1 Å². The van der Waals surface area contributed by atoms with Crippen LogP contribution < -0.4 is 4.98 Å². The van der Waals surface area contributed by atoms with Crippen molar-refractivity contribution in [2.75, 3.05) is 0 Å². The number of allylic oxidation sites excluding steroid dienone is 4. The van der Waals surface area contributed by atoms with Gasteiger partial charge in [-0.15, -0.1) is 0 Å². The van der Waals surface area contributed by atoms with Crippen LogP contribution in [-0.2, 0) is 0 Å². The Morgan fingerprint density at radius 3 is 2.44 bits per heavy atom. The van der Waals surface area contributed by atoms with E-state index in [1.165, 1.54) is 18.3 Å². The van der Waals surface area contributed by atoms with Crippen molar-refractivity contribution in [3.63, 3.8) is 0 Å². The molecule has 0 aliphatic carbocycles. The van der Waals surface area contributed by atoms with E-state index in [-0.39, 0.29) is 11.4 Å². The van der Waals surface area contributed by atoms with E-state index < -0.39 is 15.5 Å². The highest BCUT2D eigenvalue weighted by Crippen LogP contribution is 2.31. The van der Waals surface area contributed by atoms with Crippen LogP contribution in [0.25, 0.3) is 5.57 Å². The molecule has 25 heavy (non-hydrogen) atoms. The van der Waals surface area contributed by atoms with E-state index >= 15 is 0 Å². The normalized spacial score (nSPS) is 12.0. The third kappa shape index (κ3) is 4.64. The van der Waals surface area contributed by atoms with E-state index in [2.05, 4.69) is 9.98 Å². The molecule has 8 nitrogen and oxygen atoms in total. The number of rotatable bonds is 6. The van der Waals surface area contributed by atoms with Crippen LogP contribution >= 0.6 is 0 Å². The molecular formula is C17H15N4O4+. The maximum atomic E-state index is 11.1. The van der Waals surface area contributed by atoms with Gasteiger partial charge in [-0.3, -0.25) is 20.2 Å². The molecule has 126 valence electrons. The summed E-state index contributed by atoms with van der Waals surface area (Å²) in [7, 11) is 0. The van der Waals surface area contributed by atoms with E-state index in [9.17, 15) is 20.2 Å². The van der Waals surface area contributed by atoms with Gasteiger partial charge in [0, 0.05) is 24.4 Å². The maximum Gasteiger partial charge on any atom is 0.301 e. The van der Waals surface area contributed by atoms with Crippen LogP contribution in [0, 0.1) is 20.2 Å². The molecule has 0 aliphatic rings. The van der Waals surface area contributed by atoms with E-state index in [1.807, 2.05) is 31.2 Å². The van der Waals surface area contributed by atoms with Gasteiger partial charge in [0.05, 0.1) is 15.9 Å². The van der Waals surface area contributed by atoms with Crippen LogP contribution in [0.4, 0.5) is 17.1 Å². The predicted octanol–water partition coefficient (Wildman–Crippen LogP) is 3.68. The zero-order valence-electron chi connectivity index (χ0n) is 13.3. The molecule has 8 heteroatoms. The molecule has 0 atom stereocenters. The Labute approximate surface area is 143 Å². The second kappa shape index (κ2) is 8.25. The Morgan fingerprint density at radius 1 is 1.12 bits per heavy atom. The van der Waals surface area contributed by atoms with Gasteiger partial charge in [0.1, 0.15) is 5.69 Å². The Balaban J connectivity index is 2.37. The number of nitro groups is 2. The van der Waals surface area contributed by atoms with Gasteiger partial charge in [0.25, 0.3) is 5.69 Å². The Kier molecular flexibility index (Phi) is 5.83. The fraction of sp³-hybridized carbons (Fsp3) is 0.0588. The predicted molar refractivity (Wildman–Crippen MR) is 93.7 cm³/mol. The summed E-state index contributed by atoms with van der Waals surface area (Å²) in [5.41, 5.74) is 1.09. The van der Waals surface area contributed by atoms with E-state index in [1.54, 1.807) is 18.5 Å². The first-order valence-electron chi connectivity index (χ1n) is 7.29. The molecule has 1 aromatic heterocycles. The highest BCUT2D eigenvalue weighted by atomic mass is 16.6. The summed E-state index contributed by atoms with van der Waals surface area (Å²) < 4.78 is 0. The summed E-state index contributed by atoms with van der Waals surface area (Å²) in [5.74, 6) is 0. The van der Waals surface area contributed by atoms with Gasteiger partial charge in [-0.2, -0.15) is 0 Å². The number of nitro benzene ring substituents is 2. The zero-order valence-corrected chi connectivity index (χ0v) is 13.3. The minimum absolute atomic E-state index is 0.0491. The van der Waals surface area contributed by atoms with Crippen molar-refractivity contribution in [2.24, 2.45) is 4.99 Å². The molecule has 0 saturated heterocycles. The first-order chi connectivity index (χ1) is 12.0. The first-order valence-corrected chi connectivity index (χ1v) is 7.29. The van der Waals surface area contributed by atoms with Gasteiger partial charge in [-0.25, -0.2) is 9.98 Å². The highest BCUT2D eigenvalue weighted by molar-refractivity contribution is 5.90. The molecule has 1 aromatic carbocycles. The second-order valence-corrected chi connectivity index (χ2v) is 4.88. The van der Waals surface area contributed by atoms with E-state index in [0.717, 1.165) is 17.2 Å². The Bertz CT molecular complexity index is 873. The monoisotopic (exact) mass is 339 g/mol. The summed E-state index contributed by atoms with van der Waals surface area (Å²) in [4.78, 5) is 27.5. The molecule has 0 amide bonds. The Morgan fingerprint density at radius 2 is 1.84 bits per heavy atom. The van der Waals surface area contributed by atoms with Gasteiger partial charge >= 0.3 is 5.69 Å². The number of hydrogen-bond donors (Lipinski definition) is 0. The molecule has 0 bridgehead atoms. The minimum Gasteiger partial charge on any atom is -0.258 e. The molecule has 2 aromatic rings. The molecule has 1 N–H and O–H groups in total. The first kappa shape index (κ1) is 17.7. The van der Waals surface area contributed by atoms with Crippen LogP contribution in [0.5, 0.6) is 0 Å². The number of H-pyrrole nitrogens is 1. The lowest BCUT2D eigenvalue weighted by atomic mass is 10.1. The quantitative estimate of drug-likeness (QED) is 0.346. The number of non-ortho nitro benzene ring substituents is 1. The van der Waals surface area contributed by atoms with Crippen molar-refractivity contribution in [3.05, 3.63) is 86.7 Å². The van der Waals surface area contributed by atoms with Crippen molar-refractivity contribution in [1.29, 1.82) is 0 Å². The van der Waals surface area contributed by atoms with Crippen LogP contribution in [0.3, 0.4) is 0 Å². The summed E-state index contributed by atoms with van der Waals surface area (Å²) in [6.45, 7) is 1.88. The summed E-state index contributed by atoms with van der Waals surface area (Å²) in [6, 6.07) is 7.11. The number of aromatic nitrogens is 1. The molecule has 0 fully saturated rings. The van der Waals surface area contributed by atoms with Gasteiger partial charge in [-0.05, 0) is 30.2 Å². The number of pyridine rings is 1. The van der Waals surface area contributed by atoms with E-state index in [4.69, 9.17) is 0 Å². The van der Waals surface area contributed by atoms with Crippen LogP contribution in [0.2, 0.25) is 0 Å². The zero-order chi connectivity index (χ0) is 18.2. The van der Waals surface area contributed by atoms with Crippen molar-refractivity contribution in [3.8, 4) is 0 Å². The van der Waals surface area contributed by atoms with Crippen molar-refractivity contribution in [2.45, 2.75) is 6.92 Å². The average Bonchev–Trinajstić information content (AvgIpc) is 2.61. The highest BCUT2D eigenvalue weighted by Gasteiger charge is 2.18. The smallest absolute Gasteiger partial charge is 0.258 e. The largest absolute Gasteiger partial charge is 0.301 e. The van der Waals surface area contributed by atoms with Gasteiger partial charge in [-0.1, -0.05) is 12.2 Å². The van der Waals surface area contributed by atoms with Gasteiger partial charge < -0.3 is 0 Å². The topological polar surface area (TPSA) is 113 Å². The number of aromatic amines is 1. The standard InChI is InChI=1S/C17H14N4O4/c1-2-3-13(14-6-9-18-10-7-14)8-11-19-16-5-4-15(20(22)23)12-17(16)21(24)25/h2-12H,1H3/p+1/b3-2-,13-8+,19-11?. The number of nitrogens with one attached hydrogen (secondary N) is 1. The fourth-order valence-corrected chi connectivity index (χ4v) is 2.09. The van der Waals surface area contributed by atoms with Crippen LogP contribution in [0.15, 0.2) is 65.9 Å². The molecule has 1 heterocycles.